The molecule has 1 amide bonds. The normalized spacial score (nSPS) is 11.8. The van der Waals surface area contributed by atoms with Crippen molar-refractivity contribution < 1.29 is 14.3 Å². The van der Waals surface area contributed by atoms with Crippen molar-refractivity contribution in [3.63, 3.8) is 0 Å². The third kappa shape index (κ3) is 4.11. The van der Waals surface area contributed by atoms with Gasteiger partial charge in [0.2, 0.25) is 5.91 Å². The summed E-state index contributed by atoms with van der Waals surface area (Å²) in [6.45, 7) is 1.48. The molecule has 0 aliphatic heterocycles. The number of methoxy groups -OCH3 is 2. The molecule has 0 spiro atoms. The molecule has 1 aromatic rings. The van der Waals surface area contributed by atoms with Crippen molar-refractivity contribution in [1.82, 2.24) is 5.32 Å². The Morgan fingerprint density at radius 3 is 2.50 bits per heavy atom. The van der Waals surface area contributed by atoms with E-state index in [2.05, 4.69) is 5.32 Å². The molecule has 1 unspecified atom stereocenters. The Morgan fingerprint density at radius 1 is 1.33 bits per heavy atom. The van der Waals surface area contributed by atoms with Crippen LogP contribution in [0.1, 0.15) is 12.5 Å². The molecule has 1 N–H and O–H groups in total. The smallest absolute Gasteiger partial charge is 0.217 e. The molecule has 0 aliphatic rings. The second-order valence-corrected chi connectivity index (χ2v) is 4.25. The van der Waals surface area contributed by atoms with Crippen LogP contribution in [0.2, 0.25) is 0 Å². The summed E-state index contributed by atoms with van der Waals surface area (Å²) >= 11 is 5.82. The molecule has 0 aliphatic carbocycles. The van der Waals surface area contributed by atoms with Crippen molar-refractivity contribution in [3.8, 4) is 11.5 Å². The second kappa shape index (κ2) is 7.11. The SMILES string of the molecule is COc1ccc(CC(CCl)NC(C)=O)cc1OC. The lowest BCUT2D eigenvalue weighted by molar-refractivity contribution is -0.119. The quantitative estimate of drug-likeness (QED) is 0.805. The zero-order valence-corrected chi connectivity index (χ0v) is 11.6. The minimum Gasteiger partial charge on any atom is -0.493 e. The lowest BCUT2D eigenvalue weighted by Crippen LogP contribution is -2.36. The van der Waals surface area contributed by atoms with Crippen molar-refractivity contribution >= 4 is 17.5 Å². The average molecular weight is 272 g/mol. The van der Waals surface area contributed by atoms with Crippen molar-refractivity contribution in [2.75, 3.05) is 20.1 Å². The monoisotopic (exact) mass is 271 g/mol. The van der Waals surface area contributed by atoms with Crippen LogP contribution in [0.4, 0.5) is 0 Å². The molecule has 18 heavy (non-hydrogen) atoms. The number of ether oxygens (including phenoxy) is 2. The molecular weight excluding hydrogens is 254 g/mol. The third-order valence-electron chi connectivity index (χ3n) is 2.52. The summed E-state index contributed by atoms with van der Waals surface area (Å²) in [6.07, 6.45) is 0.656. The van der Waals surface area contributed by atoms with Gasteiger partial charge in [0.1, 0.15) is 0 Å². The van der Waals surface area contributed by atoms with Crippen LogP contribution in [0.3, 0.4) is 0 Å². The molecule has 0 saturated heterocycles. The fraction of sp³-hybridized carbons (Fsp3) is 0.462. The van der Waals surface area contributed by atoms with E-state index in [-0.39, 0.29) is 11.9 Å². The third-order valence-corrected chi connectivity index (χ3v) is 2.90. The van der Waals surface area contributed by atoms with Crippen molar-refractivity contribution in [3.05, 3.63) is 23.8 Å². The Kier molecular flexibility index (Phi) is 5.78. The van der Waals surface area contributed by atoms with Gasteiger partial charge < -0.3 is 14.8 Å². The summed E-state index contributed by atoms with van der Waals surface area (Å²) in [6, 6.07) is 5.58. The largest absolute Gasteiger partial charge is 0.493 e. The van der Waals surface area contributed by atoms with Crippen molar-refractivity contribution in [2.45, 2.75) is 19.4 Å². The lowest BCUT2D eigenvalue weighted by Gasteiger charge is -2.16. The molecule has 5 heteroatoms. The summed E-state index contributed by atoms with van der Waals surface area (Å²) in [5.41, 5.74) is 1.03. The van der Waals surface area contributed by atoms with E-state index in [4.69, 9.17) is 21.1 Å². The molecule has 4 nitrogen and oxygen atoms in total. The number of hydrogen-bond donors (Lipinski definition) is 1. The van der Waals surface area contributed by atoms with E-state index in [9.17, 15) is 4.79 Å². The first-order valence-corrected chi connectivity index (χ1v) is 6.18. The number of alkyl halides is 1. The molecule has 0 heterocycles. The van der Waals surface area contributed by atoms with Gasteiger partial charge in [0, 0.05) is 18.8 Å². The van der Waals surface area contributed by atoms with Crippen LogP contribution >= 0.6 is 11.6 Å². The zero-order chi connectivity index (χ0) is 13.5. The predicted octanol–water partition coefficient (Wildman–Crippen LogP) is 1.99. The van der Waals surface area contributed by atoms with E-state index < -0.39 is 0 Å². The summed E-state index contributed by atoms with van der Waals surface area (Å²) in [7, 11) is 3.19. The molecule has 0 fully saturated rings. The van der Waals surface area contributed by atoms with Gasteiger partial charge in [-0.2, -0.15) is 0 Å². The molecule has 0 bridgehead atoms. The molecule has 1 rings (SSSR count). The summed E-state index contributed by atoms with van der Waals surface area (Å²) in [5, 5.41) is 2.80. The zero-order valence-electron chi connectivity index (χ0n) is 10.8. The van der Waals surface area contributed by atoms with Crippen molar-refractivity contribution in [1.29, 1.82) is 0 Å². The average Bonchev–Trinajstić information content (AvgIpc) is 2.37. The maximum atomic E-state index is 11.0. The van der Waals surface area contributed by atoms with E-state index >= 15 is 0 Å². The summed E-state index contributed by atoms with van der Waals surface area (Å²) in [5.74, 6) is 1.64. The highest BCUT2D eigenvalue weighted by atomic mass is 35.5. The predicted molar refractivity (Wildman–Crippen MR) is 71.6 cm³/mol. The minimum absolute atomic E-state index is 0.0812. The van der Waals surface area contributed by atoms with Gasteiger partial charge in [-0.15, -0.1) is 11.6 Å². The van der Waals surface area contributed by atoms with Crippen molar-refractivity contribution in [2.24, 2.45) is 0 Å². The summed E-state index contributed by atoms with van der Waals surface area (Å²) in [4.78, 5) is 11.0. The van der Waals surface area contributed by atoms with Crippen LogP contribution in [0.25, 0.3) is 0 Å². The number of carbonyl (C=O) groups excluding carboxylic acids is 1. The highest BCUT2D eigenvalue weighted by Crippen LogP contribution is 2.28. The Morgan fingerprint density at radius 2 is 2.00 bits per heavy atom. The van der Waals surface area contributed by atoms with E-state index in [1.54, 1.807) is 14.2 Å². The maximum Gasteiger partial charge on any atom is 0.217 e. The van der Waals surface area contributed by atoms with Gasteiger partial charge in [-0.3, -0.25) is 4.79 Å². The van der Waals surface area contributed by atoms with E-state index in [1.165, 1.54) is 6.92 Å². The number of hydrogen-bond acceptors (Lipinski definition) is 3. The number of benzene rings is 1. The molecule has 1 aromatic carbocycles. The second-order valence-electron chi connectivity index (χ2n) is 3.95. The van der Waals surface area contributed by atoms with Gasteiger partial charge in [-0.25, -0.2) is 0 Å². The standard InChI is InChI=1S/C13H18ClNO3/c1-9(16)15-11(8-14)6-10-4-5-12(17-2)13(7-10)18-3/h4-5,7,11H,6,8H2,1-3H3,(H,15,16). The Hall–Kier alpha value is -1.42. The fourth-order valence-corrected chi connectivity index (χ4v) is 1.91. The first kappa shape index (κ1) is 14.6. The minimum atomic E-state index is -0.0823. The van der Waals surface area contributed by atoms with E-state index in [0.717, 1.165) is 5.56 Å². The van der Waals surface area contributed by atoms with Crippen LogP contribution in [0.5, 0.6) is 11.5 Å². The fourth-order valence-electron chi connectivity index (χ4n) is 1.72. The number of nitrogens with one attached hydrogen (secondary N) is 1. The highest BCUT2D eigenvalue weighted by molar-refractivity contribution is 6.18. The van der Waals surface area contributed by atoms with Crippen LogP contribution in [0, 0.1) is 0 Å². The van der Waals surface area contributed by atoms with Gasteiger partial charge in [-0.1, -0.05) is 6.07 Å². The first-order chi connectivity index (χ1) is 8.60. The van der Waals surface area contributed by atoms with E-state index in [0.29, 0.717) is 23.8 Å². The van der Waals surface area contributed by atoms with Gasteiger partial charge in [0.25, 0.3) is 0 Å². The molecular formula is C13H18ClNO3. The molecule has 100 valence electrons. The highest BCUT2D eigenvalue weighted by Gasteiger charge is 2.11. The number of rotatable bonds is 6. The Bertz CT molecular complexity index is 409. The topological polar surface area (TPSA) is 47.6 Å². The van der Waals surface area contributed by atoms with Crippen LogP contribution in [-0.4, -0.2) is 32.0 Å². The number of carbonyl (C=O) groups is 1. The molecule has 0 aromatic heterocycles. The summed E-state index contributed by atoms with van der Waals surface area (Å²) < 4.78 is 10.4. The van der Waals surface area contributed by atoms with Gasteiger partial charge >= 0.3 is 0 Å². The number of amides is 1. The Labute approximate surface area is 112 Å². The lowest BCUT2D eigenvalue weighted by atomic mass is 10.1. The van der Waals surface area contributed by atoms with E-state index in [1.807, 2.05) is 18.2 Å². The molecule has 0 radical (unpaired) electrons. The van der Waals surface area contributed by atoms with Gasteiger partial charge in [-0.05, 0) is 24.1 Å². The molecule has 1 atom stereocenters. The van der Waals surface area contributed by atoms with Gasteiger partial charge in [0.05, 0.1) is 14.2 Å². The van der Waals surface area contributed by atoms with Gasteiger partial charge in [0.15, 0.2) is 11.5 Å². The van der Waals surface area contributed by atoms with Crippen LogP contribution in [0.15, 0.2) is 18.2 Å². The number of halogens is 1. The first-order valence-electron chi connectivity index (χ1n) is 5.64. The van der Waals surface area contributed by atoms with Crippen LogP contribution < -0.4 is 14.8 Å². The Balaban J connectivity index is 2.80. The maximum absolute atomic E-state index is 11.0. The van der Waals surface area contributed by atoms with Crippen LogP contribution in [-0.2, 0) is 11.2 Å². The molecule has 0 saturated carbocycles.